The number of piperidine rings is 3. The van der Waals surface area contributed by atoms with Crippen LogP contribution in [0.4, 0.5) is 0 Å². The summed E-state index contributed by atoms with van der Waals surface area (Å²) in [6.45, 7) is 3.36. The topological polar surface area (TPSA) is 45.2 Å². The lowest BCUT2D eigenvalue weighted by Gasteiger charge is -2.44. The minimum Gasteiger partial charge on any atom is -0.347 e. The van der Waals surface area contributed by atoms with Crippen LogP contribution in [0.1, 0.15) is 22.5 Å². The number of benzene rings is 1. The van der Waals surface area contributed by atoms with Crippen molar-refractivity contribution < 1.29 is 4.79 Å². The van der Waals surface area contributed by atoms with Gasteiger partial charge in [-0.3, -0.25) is 4.79 Å². The molecule has 1 unspecified atom stereocenters. The van der Waals surface area contributed by atoms with E-state index >= 15 is 0 Å². The Morgan fingerprint density at radius 1 is 1.30 bits per heavy atom. The van der Waals surface area contributed by atoms with Crippen molar-refractivity contribution >= 4 is 33.2 Å². The molecule has 6 heteroatoms. The van der Waals surface area contributed by atoms with Crippen molar-refractivity contribution in [2.24, 2.45) is 5.92 Å². The van der Waals surface area contributed by atoms with Gasteiger partial charge in [-0.25, -0.2) is 4.98 Å². The van der Waals surface area contributed by atoms with Crippen LogP contribution in [0.5, 0.6) is 0 Å². The fourth-order valence-corrected chi connectivity index (χ4v) is 4.97. The molecule has 3 fully saturated rings. The zero-order valence-electron chi connectivity index (χ0n) is 12.7. The number of rotatable bonds is 3. The molecule has 2 aromatic rings. The Hall–Kier alpha value is -1.24. The average molecular weight is 392 g/mol. The highest BCUT2D eigenvalue weighted by atomic mass is 79.9. The molecule has 3 saturated heterocycles. The summed E-state index contributed by atoms with van der Waals surface area (Å²) in [5, 5.41) is 4.10. The minimum atomic E-state index is 0.0135. The molecule has 3 aliphatic heterocycles. The minimum absolute atomic E-state index is 0.0135. The Kier molecular flexibility index (Phi) is 4.22. The van der Waals surface area contributed by atoms with Crippen LogP contribution in [-0.2, 0) is 0 Å². The summed E-state index contributed by atoms with van der Waals surface area (Å²) in [5.74, 6) is 0.652. The van der Waals surface area contributed by atoms with E-state index < -0.39 is 0 Å². The smallest absolute Gasteiger partial charge is 0.263 e. The first-order valence-electron chi connectivity index (χ1n) is 7.94. The van der Waals surface area contributed by atoms with Gasteiger partial charge in [-0.15, -0.1) is 11.3 Å². The lowest BCUT2D eigenvalue weighted by atomic mass is 9.84. The lowest BCUT2D eigenvalue weighted by molar-refractivity contribution is 0.0622. The van der Waals surface area contributed by atoms with E-state index in [0.717, 1.165) is 21.6 Å². The molecule has 4 heterocycles. The Bertz CT molecular complexity index is 724. The predicted molar refractivity (Wildman–Crippen MR) is 95.7 cm³/mol. The second kappa shape index (κ2) is 6.34. The zero-order valence-corrected chi connectivity index (χ0v) is 15.1. The molecule has 120 valence electrons. The van der Waals surface area contributed by atoms with Gasteiger partial charge < -0.3 is 10.2 Å². The second-order valence-electron chi connectivity index (χ2n) is 6.23. The molecular weight excluding hydrogens is 374 g/mol. The van der Waals surface area contributed by atoms with Crippen molar-refractivity contribution in [1.29, 1.82) is 0 Å². The number of carbonyl (C=O) groups excluding carboxylic acids is 1. The molecule has 1 atom stereocenters. The summed E-state index contributed by atoms with van der Waals surface area (Å²) in [5.41, 5.74) is 1.03. The van der Waals surface area contributed by atoms with E-state index in [2.05, 4.69) is 31.1 Å². The highest BCUT2D eigenvalue weighted by Crippen LogP contribution is 2.32. The van der Waals surface area contributed by atoms with E-state index in [0.29, 0.717) is 16.8 Å². The fraction of sp³-hybridized carbons (Fsp3) is 0.412. The van der Waals surface area contributed by atoms with Crippen molar-refractivity contribution in [3.8, 4) is 10.6 Å². The summed E-state index contributed by atoms with van der Waals surface area (Å²) in [4.78, 5) is 20.1. The molecule has 1 amide bonds. The Morgan fingerprint density at radius 2 is 2.09 bits per heavy atom. The number of carbonyl (C=O) groups is 1. The number of nitrogens with zero attached hydrogens (tertiary/aromatic N) is 2. The molecule has 1 aromatic carbocycles. The lowest BCUT2D eigenvalue weighted by Crippen LogP contribution is -2.57. The summed E-state index contributed by atoms with van der Waals surface area (Å²) in [7, 11) is 0. The van der Waals surface area contributed by atoms with Crippen LogP contribution < -0.4 is 5.32 Å². The van der Waals surface area contributed by atoms with Crippen LogP contribution in [0.15, 0.2) is 34.9 Å². The monoisotopic (exact) mass is 391 g/mol. The van der Waals surface area contributed by atoms with Crippen LogP contribution in [-0.4, -0.2) is 41.5 Å². The van der Waals surface area contributed by atoms with E-state index in [1.54, 1.807) is 6.20 Å². The molecule has 1 N–H and O–H groups in total. The molecular formula is C17H18BrN3OS. The molecule has 2 bridgehead atoms. The predicted octanol–water partition coefficient (Wildman–Crippen LogP) is 3.40. The third kappa shape index (κ3) is 3.07. The number of thiazole rings is 1. The van der Waals surface area contributed by atoms with Crippen molar-refractivity contribution in [3.05, 3.63) is 39.8 Å². The van der Waals surface area contributed by atoms with Crippen LogP contribution in [0, 0.1) is 5.92 Å². The van der Waals surface area contributed by atoms with Crippen LogP contribution in [0.3, 0.4) is 0 Å². The van der Waals surface area contributed by atoms with Gasteiger partial charge in [0.25, 0.3) is 5.91 Å². The highest BCUT2D eigenvalue weighted by molar-refractivity contribution is 9.10. The molecule has 3 aliphatic rings. The fourth-order valence-electron chi connectivity index (χ4n) is 3.51. The first-order valence-corrected chi connectivity index (χ1v) is 9.55. The van der Waals surface area contributed by atoms with E-state index in [1.807, 2.05) is 24.3 Å². The molecule has 5 rings (SSSR count). The second-order valence-corrected chi connectivity index (χ2v) is 8.11. The molecule has 0 aliphatic carbocycles. The van der Waals surface area contributed by atoms with E-state index in [-0.39, 0.29) is 5.91 Å². The maximum absolute atomic E-state index is 12.5. The normalized spacial score (nSPS) is 26.2. The van der Waals surface area contributed by atoms with Crippen LogP contribution in [0.25, 0.3) is 10.6 Å². The van der Waals surface area contributed by atoms with E-state index in [4.69, 9.17) is 0 Å². The first-order chi connectivity index (χ1) is 11.2. The van der Waals surface area contributed by atoms with Crippen LogP contribution in [0.2, 0.25) is 0 Å². The maximum atomic E-state index is 12.5. The summed E-state index contributed by atoms with van der Waals surface area (Å²) in [6.07, 6.45) is 4.10. The third-order valence-corrected chi connectivity index (χ3v) is 6.53. The van der Waals surface area contributed by atoms with Gasteiger partial charge in [-0.1, -0.05) is 34.1 Å². The van der Waals surface area contributed by atoms with Gasteiger partial charge in [0.1, 0.15) is 9.88 Å². The number of amides is 1. The van der Waals surface area contributed by atoms with Gasteiger partial charge in [-0.2, -0.15) is 0 Å². The SMILES string of the molecule is O=C(NC1CN2CCC1CC2)c1cnc(-c2ccccc2Br)s1. The molecule has 4 nitrogen and oxygen atoms in total. The van der Waals surface area contributed by atoms with Gasteiger partial charge in [0.05, 0.1) is 6.20 Å². The number of fused-ring (bicyclic) bond motifs is 3. The van der Waals surface area contributed by atoms with E-state index in [9.17, 15) is 4.79 Å². The number of hydrogen-bond acceptors (Lipinski definition) is 4. The van der Waals surface area contributed by atoms with Crippen molar-refractivity contribution in [2.45, 2.75) is 18.9 Å². The molecule has 23 heavy (non-hydrogen) atoms. The Morgan fingerprint density at radius 3 is 2.78 bits per heavy atom. The Balaban J connectivity index is 1.48. The summed E-state index contributed by atoms with van der Waals surface area (Å²) >= 11 is 4.99. The number of halogens is 1. The average Bonchev–Trinajstić information content (AvgIpc) is 3.06. The molecule has 0 radical (unpaired) electrons. The van der Waals surface area contributed by atoms with Gasteiger partial charge in [-0.05, 0) is 37.9 Å². The van der Waals surface area contributed by atoms with E-state index in [1.165, 1.54) is 37.3 Å². The third-order valence-electron chi connectivity index (χ3n) is 4.81. The quantitative estimate of drug-likeness (QED) is 0.871. The number of aromatic nitrogens is 1. The highest BCUT2D eigenvalue weighted by Gasteiger charge is 2.35. The standard InChI is InChI=1S/C17H18BrN3OS/c18-13-4-2-1-3-12(13)17-19-9-15(23-17)16(22)20-14-10-21-7-5-11(14)6-8-21/h1-4,9,11,14H,5-8,10H2,(H,20,22). The number of nitrogens with one attached hydrogen (secondary N) is 1. The zero-order chi connectivity index (χ0) is 15.8. The van der Waals surface area contributed by atoms with Gasteiger partial charge in [0.2, 0.25) is 0 Å². The molecule has 0 spiro atoms. The summed E-state index contributed by atoms with van der Waals surface area (Å²) in [6, 6.07) is 8.25. The molecule has 0 saturated carbocycles. The van der Waals surface area contributed by atoms with Crippen molar-refractivity contribution in [1.82, 2.24) is 15.2 Å². The summed E-state index contributed by atoms with van der Waals surface area (Å²) < 4.78 is 0.999. The largest absolute Gasteiger partial charge is 0.347 e. The van der Waals surface area contributed by atoms with Crippen LogP contribution >= 0.6 is 27.3 Å². The van der Waals surface area contributed by atoms with Gasteiger partial charge >= 0.3 is 0 Å². The van der Waals surface area contributed by atoms with Gasteiger partial charge in [0, 0.05) is 22.6 Å². The Labute approximate surface area is 148 Å². The maximum Gasteiger partial charge on any atom is 0.263 e. The van der Waals surface area contributed by atoms with Crippen molar-refractivity contribution in [2.75, 3.05) is 19.6 Å². The number of hydrogen-bond donors (Lipinski definition) is 1. The van der Waals surface area contributed by atoms with Crippen molar-refractivity contribution in [3.63, 3.8) is 0 Å². The van der Waals surface area contributed by atoms with Gasteiger partial charge in [0.15, 0.2) is 0 Å². The molecule has 1 aromatic heterocycles. The first kappa shape index (κ1) is 15.3.